The maximum absolute atomic E-state index is 8.66. The number of hydrogen-bond donors (Lipinski definition) is 1. The van der Waals surface area contributed by atoms with E-state index >= 15 is 0 Å². The molecule has 0 aliphatic heterocycles. The maximum atomic E-state index is 8.66. The number of hydrogen-bond acceptors (Lipinski definition) is 4. The summed E-state index contributed by atoms with van der Waals surface area (Å²) in [4.78, 5) is 0. The molecule has 74 valence electrons. The highest BCUT2D eigenvalue weighted by Gasteiger charge is 2.02. The van der Waals surface area contributed by atoms with Crippen LogP contribution in [0.25, 0.3) is 0 Å². The van der Waals surface area contributed by atoms with Gasteiger partial charge < -0.3 is 0 Å². The highest BCUT2D eigenvalue weighted by atomic mass is 15.5. The van der Waals surface area contributed by atoms with Gasteiger partial charge in [-0.25, -0.2) is 0 Å². The number of aromatic amines is 1. The van der Waals surface area contributed by atoms with Gasteiger partial charge in [-0.15, -0.1) is 5.11 Å². The van der Waals surface area contributed by atoms with Gasteiger partial charge in [0.05, 0.1) is 6.20 Å². The molecule has 0 saturated carbocycles. The monoisotopic (exact) mass is 192 g/mol. The predicted octanol–water partition coefficient (Wildman–Crippen LogP) is 1.62. The second kappa shape index (κ2) is 4.97. The van der Waals surface area contributed by atoms with Crippen molar-refractivity contribution in [1.29, 1.82) is 5.26 Å². The summed E-state index contributed by atoms with van der Waals surface area (Å²) in [5, 5.41) is 24.6. The van der Waals surface area contributed by atoms with Crippen molar-refractivity contribution in [3.8, 4) is 6.07 Å². The summed E-state index contributed by atoms with van der Waals surface area (Å²) >= 11 is 0. The SMILES string of the molecule is CCN(CC)/N=N/c1[nH]ncc1C#N. The molecule has 0 aromatic carbocycles. The van der Waals surface area contributed by atoms with E-state index in [9.17, 15) is 0 Å². The number of nitrogens with one attached hydrogen (secondary N) is 1. The molecular formula is C8H12N6. The Morgan fingerprint density at radius 2 is 2.29 bits per heavy atom. The number of rotatable bonds is 4. The molecule has 0 unspecified atom stereocenters. The molecule has 1 rings (SSSR count). The molecule has 1 aromatic rings. The molecule has 6 nitrogen and oxygen atoms in total. The Morgan fingerprint density at radius 1 is 1.57 bits per heavy atom. The molecule has 1 heterocycles. The Balaban J connectivity index is 2.73. The van der Waals surface area contributed by atoms with Crippen molar-refractivity contribution in [1.82, 2.24) is 15.2 Å². The molecule has 14 heavy (non-hydrogen) atoms. The fourth-order valence-electron chi connectivity index (χ4n) is 0.895. The summed E-state index contributed by atoms with van der Waals surface area (Å²) in [6.45, 7) is 5.55. The Labute approximate surface area is 82.2 Å². The van der Waals surface area contributed by atoms with Gasteiger partial charge in [-0.05, 0) is 13.8 Å². The molecule has 0 radical (unpaired) electrons. The first kappa shape index (κ1) is 10.2. The van der Waals surface area contributed by atoms with Crippen molar-refractivity contribution in [2.75, 3.05) is 13.1 Å². The molecule has 0 aliphatic rings. The fraction of sp³-hybridized carbons (Fsp3) is 0.500. The van der Waals surface area contributed by atoms with E-state index in [1.807, 2.05) is 19.9 Å². The van der Waals surface area contributed by atoms with E-state index in [4.69, 9.17) is 5.26 Å². The number of H-pyrrole nitrogens is 1. The molecule has 0 fully saturated rings. The molecule has 1 aromatic heterocycles. The van der Waals surface area contributed by atoms with E-state index in [1.54, 1.807) is 5.01 Å². The van der Waals surface area contributed by atoms with Gasteiger partial charge in [0.1, 0.15) is 11.6 Å². The second-order valence-electron chi connectivity index (χ2n) is 2.57. The van der Waals surface area contributed by atoms with Crippen LogP contribution in [0, 0.1) is 11.3 Å². The van der Waals surface area contributed by atoms with E-state index < -0.39 is 0 Å². The third-order valence-electron chi connectivity index (χ3n) is 1.74. The van der Waals surface area contributed by atoms with Crippen LogP contribution in [0.2, 0.25) is 0 Å². The molecule has 0 spiro atoms. The lowest BCUT2D eigenvalue weighted by Crippen LogP contribution is -2.14. The van der Waals surface area contributed by atoms with Crippen LogP contribution in [0.15, 0.2) is 16.5 Å². The molecule has 1 N–H and O–H groups in total. The largest absolute Gasteiger partial charge is 0.279 e. The Kier molecular flexibility index (Phi) is 3.61. The van der Waals surface area contributed by atoms with Crippen LogP contribution in [0.5, 0.6) is 0 Å². The van der Waals surface area contributed by atoms with Crippen LogP contribution in [-0.2, 0) is 0 Å². The molecule has 0 amide bonds. The van der Waals surface area contributed by atoms with E-state index in [1.165, 1.54) is 6.20 Å². The predicted molar refractivity (Wildman–Crippen MR) is 50.7 cm³/mol. The average Bonchev–Trinajstić information content (AvgIpc) is 2.67. The first-order valence-corrected chi connectivity index (χ1v) is 4.41. The maximum Gasteiger partial charge on any atom is 0.190 e. The highest BCUT2D eigenvalue weighted by molar-refractivity contribution is 5.44. The van der Waals surface area contributed by atoms with Gasteiger partial charge in [-0.1, -0.05) is 5.22 Å². The van der Waals surface area contributed by atoms with Crippen molar-refractivity contribution < 1.29 is 0 Å². The van der Waals surface area contributed by atoms with Crippen LogP contribution in [0.4, 0.5) is 5.82 Å². The van der Waals surface area contributed by atoms with E-state index in [2.05, 4.69) is 20.5 Å². The van der Waals surface area contributed by atoms with Gasteiger partial charge in [-0.2, -0.15) is 10.4 Å². The van der Waals surface area contributed by atoms with Gasteiger partial charge in [0.2, 0.25) is 0 Å². The van der Waals surface area contributed by atoms with E-state index in [-0.39, 0.29) is 0 Å². The van der Waals surface area contributed by atoms with Crippen LogP contribution in [-0.4, -0.2) is 28.3 Å². The molecule has 0 aliphatic carbocycles. The molecule has 0 bridgehead atoms. The van der Waals surface area contributed by atoms with Crippen molar-refractivity contribution in [2.45, 2.75) is 13.8 Å². The Morgan fingerprint density at radius 3 is 2.86 bits per heavy atom. The summed E-state index contributed by atoms with van der Waals surface area (Å²) in [6, 6.07) is 1.97. The van der Waals surface area contributed by atoms with Gasteiger partial charge >= 0.3 is 0 Å². The Bertz CT molecular complexity index is 343. The normalized spacial score (nSPS) is 10.4. The standard InChI is InChI=1S/C8H12N6/c1-3-14(4-2)13-12-8-7(5-9)6-10-11-8/h6H,3-4H2,1-2H3,(H,10,11)/b13-12+. The van der Waals surface area contributed by atoms with E-state index in [0.717, 1.165) is 13.1 Å². The van der Waals surface area contributed by atoms with Gasteiger partial charge in [0.25, 0.3) is 0 Å². The summed E-state index contributed by atoms with van der Waals surface area (Å²) in [5.74, 6) is 0.402. The highest BCUT2D eigenvalue weighted by Crippen LogP contribution is 2.13. The number of nitriles is 1. The number of aromatic nitrogens is 2. The second-order valence-corrected chi connectivity index (χ2v) is 2.57. The summed E-state index contributed by atoms with van der Waals surface area (Å²) < 4.78 is 0. The molecule has 6 heteroatoms. The minimum absolute atomic E-state index is 0.402. The number of nitrogens with zero attached hydrogens (tertiary/aromatic N) is 5. The first-order valence-electron chi connectivity index (χ1n) is 4.41. The zero-order chi connectivity index (χ0) is 10.4. The first-order chi connectivity index (χ1) is 6.81. The minimum atomic E-state index is 0.402. The zero-order valence-electron chi connectivity index (χ0n) is 8.23. The van der Waals surface area contributed by atoms with Crippen LogP contribution < -0.4 is 0 Å². The third-order valence-corrected chi connectivity index (χ3v) is 1.74. The van der Waals surface area contributed by atoms with Crippen molar-refractivity contribution in [3.05, 3.63) is 11.8 Å². The third kappa shape index (κ3) is 2.29. The summed E-state index contributed by atoms with van der Waals surface area (Å²) in [6.07, 6.45) is 1.43. The average molecular weight is 192 g/mol. The lowest BCUT2D eigenvalue weighted by atomic mass is 10.4. The lowest BCUT2D eigenvalue weighted by Gasteiger charge is -2.10. The van der Waals surface area contributed by atoms with Crippen molar-refractivity contribution in [3.63, 3.8) is 0 Å². The van der Waals surface area contributed by atoms with Gasteiger partial charge in [0, 0.05) is 13.1 Å². The quantitative estimate of drug-likeness (QED) is 0.581. The topological polar surface area (TPSA) is 80.4 Å². The van der Waals surface area contributed by atoms with Gasteiger partial charge in [-0.3, -0.25) is 10.1 Å². The summed E-state index contributed by atoms with van der Waals surface area (Å²) in [7, 11) is 0. The van der Waals surface area contributed by atoms with Crippen LogP contribution in [0.3, 0.4) is 0 Å². The summed E-state index contributed by atoms with van der Waals surface area (Å²) in [5.41, 5.74) is 0.404. The zero-order valence-corrected chi connectivity index (χ0v) is 8.23. The minimum Gasteiger partial charge on any atom is -0.279 e. The fourth-order valence-corrected chi connectivity index (χ4v) is 0.895. The van der Waals surface area contributed by atoms with Crippen LogP contribution in [0.1, 0.15) is 19.4 Å². The van der Waals surface area contributed by atoms with Crippen LogP contribution >= 0.6 is 0 Å². The Hall–Kier alpha value is -1.90. The molecule has 0 saturated heterocycles. The smallest absolute Gasteiger partial charge is 0.190 e. The van der Waals surface area contributed by atoms with Crippen molar-refractivity contribution >= 4 is 5.82 Å². The van der Waals surface area contributed by atoms with E-state index in [0.29, 0.717) is 11.4 Å². The molecular weight excluding hydrogens is 180 g/mol. The molecule has 0 atom stereocenters. The van der Waals surface area contributed by atoms with Crippen molar-refractivity contribution in [2.24, 2.45) is 10.3 Å². The van der Waals surface area contributed by atoms with Gasteiger partial charge in [0.15, 0.2) is 5.82 Å². The lowest BCUT2D eigenvalue weighted by molar-refractivity contribution is 0.300.